The molecule has 0 radical (unpaired) electrons. The number of halogens is 4. The lowest BCUT2D eigenvalue weighted by atomic mass is 10.0. The molecular formula is C23H16BrF3N2O2S. The molecule has 1 aromatic heterocycles. The van der Waals surface area contributed by atoms with Crippen LogP contribution in [0.1, 0.15) is 5.56 Å². The van der Waals surface area contributed by atoms with E-state index in [1.807, 2.05) is 30.3 Å². The molecule has 0 saturated heterocycles. The van der Waals surface area contributed by atoms with Gasteiger partial charge in [-0.05, 0) is 45.3 Å². The van der Waals surface area contributed by atoms with Gasteiger partial charge in [0.25, 0.3) is 0 Å². The van der Waals surface area contributed by atoms with Crippen LogP contribution >= 0.6 is 15.9 Å². The normalized spacial score (nSPS) is 12.2. The van der Waals surface area contributed by atoms with Crippen molar-refractivity contribution in [2.45, 2.75) is 11.1 Å². The van der Waals surface area contributed by atoms with Crippen LogP contribution in [-0.2, 0) is 16.0 Å². The Labute approximate surface area is 191 Å². The van der Waals surface area contributed by atoms with Crippen molar-refractivity contribution in [1.29, 1.82) is 0 Å². The summed E-state index contributed by atoms with van der Waals surface area (Å²) in [6, 6.07) is 19.1. The number of nitrogens with zero attached hydrogens (tertiary/aromatic N) is 2. The van der Waals surface area contributed by atoms with E-state index in [0.29, 0.717) is 5.56 Å². The zero-order valence-electron chi connectivity index (χ0n) is 16.6. The average Bonchev–Trinajstić information content (AvgIpc) is 3.14. The lowest BCUT2D eigenvalue weighted by molar-refractivity contribution is -0.137. The van der Waals surface area contributed by atoms with E-state index in [-0.39, 0.29) is 26.6 Å². The highest BCUT2D eigenvalue weighted by Gasteiger charge is 2.35. The highest BCUT2D eigenvalue weighted by Crippen LogP contribution is 2.39. The lowest BCUT2D eigenvalue weighted by Crippen LogP contribution is -2.10. The minimum Gasteiger partial charge on any atom is -0.297 e. The van der Waals surface area contributed by atoms with Crippen LogP contribution in [0.15, 0.2) is 88.5 Å². The molecule has 32 heavy (non-hydrogen) atoms. The van der Waals surface area contributed by atoms with Crippen LogP contribution in [0.25, 0.3) is 28.2 Å². The predicted octanol–water partition coefficient (Wildman–Crippen LogP) is 6.39. The SMILES string of the molecule is CS(=O)(=O)c1cc(-c2ccccc2)ccc1-n1cc(Br)nc1-c1ccccc1C(F)(F)F. The molecule has 9 heteroatoms. The van der Waals surface area contributed by atoms with E-state index in [0.717, 1.165) is 17.9 Å². The van der Waals surface area contributed by atoms with Gasteiger partial charge in [-0.2, -0.15) is 13.2 Å². The largest absolute Gasteiger partial charge is 0.417 e. The van der Waals surface area contributed by atoms with Gasteiger partial charge < -0.3 is 0 Å². The summed E-state index contributed by atoms with van der Waals surface area (Å²) in [5, 5.41) is 0. The Balaban J connectivity index is 1.97. The number of rotatable bonds is 4. The molecule has 0 fully saturated rings. The molecule has 0 atom stereocenters. The Hall–Kier alpha value is -2.91. The van der Waals surface area contributed by atoms with Crippen LogP contribution in [0, 0.1) is 0 Å². The van der Waals surface area contributed by atoms with Crippen LogP contribution in [-0.4, -0.2) is 24.2 Å². The van der Waals surface area contributed by atoms with Crippen molar-refractivity contribution in [2.75, 3.05) is 6.26 Å². The molecule has 4 aromatic rings. The minimum atomic E-state index is -4.60. The summed E-state index contributed by atoms with van der Waals surface area (Å²) in [6.45, 7) is 0. The Kier molecular flexibility index (Phi) is 5.72. The second kappa shape index (κ2) is 8.22. The Morgan fingerprint density at radius 3 is 2.22 bits per heavy atom. The standard InChI is InChI=1S/C23H16BrF3N2O2S/c1-32(30,31)20-13-16(15-7-3-2-4-8-15)11-12-19(20)29-14-21(24)28-22(29)17-9-5-6-10-18(17)23(25,26)27/h2-14H,1H3. The van der Waals surface area contributed by atoms with E-state index in [2.05, 4.69) is 20.9 Å². The summed E-state index contributed by atoms with van der Waals surface area (Å²) in [4.78, 5) is 4.20. The molecule has 0 aliphatic heterocycles. The monoisotopic (exact) mass is 520 g/mol. The first-order valence-electron chi connectivity index (χ1n) is 9.37. The molecule has 1 heterocycles. The first kappa shape index (κ1) is 22.3. The summed E-state index contributed by atoms with van der Waals surface area (Å²) < 4.78 is 67.9. The Bertz CT molecular complexity index is 1400. The van der Waals surface area contributed by atoms with Gasteiger partial charge in [-0.25, -0.2) is 13.4 Å². The minimum absolute atomic E-state index is 0.0190. The fourth-order valence-corrected chi connectivity index (χ4v) is 4.73. The number of aromatic nitrogens is 2. The van der Waals surface area contributed by atoms with E-state index in [1.54, 1.807) is 12.1 Å². The fourth-order valence-electron chi connectivity index (χ4n) is 3.47. The third-order valence-corrected chi connectivity index (χ3v) is 6.38. The molecule has 0 amide bonds. The summed E-state index contributed by atoms with van der Waals surface area (Å²) in [5.41, 5.74) is 0.681. The summed E-state index contributed by atoms with van der Waals surface area (Å²) in [6.07, 6.45) is -2.08. The molecule has 0 N–H and O–H groups in total. The van der Waals surface area contributed by atoms with Gasteiger partial charge in [0.2, 0.25) is 0 Å². The highest BCUT2D eigenvalue weighted by atomic mass is 79.9. The molecule has 0 saturated carbocycles. The van der Waals surface area contributed by atoms with Gasteiger partial charge in [0.05, 0.1) is 16.1 Å². The number of sulfone groups is 1. The third kappa shape index (κ3) is 4.35. The topological polar surface area (TPSA) is 52.0 Å². The van der Waals surface area contributed by atoms with Gasteiger partial charge in [0.1, 0.15) is 10.4 Å². The summed E-state index contributed by atoms with van der Waals surface area (Å²) >= 11 is 3.22. The van der Waals surface area contributed by atoms with E-state index in [1.165, 1.54) is 35.0 Å². The van der Waals surface area contributed by atoms with Crippen molar-refractivity contribution in [2.24, 2.45) is 0 Å². The van der Waals surface area contributed by atoms with Crippen molar-refractivity contribution in [3.8, 4) is 28.2 Å². The lowest BCUT2D eigenvalue weighted by Gasteiger charge is -2.16. The smallest absolute Gasteiger partial charge is 0.297 e. The second-order valence-electron chi connectivity index (χ2n) is 7.12. The van der Waals surface area contributed by atoms with Gasteiger partial charge in [0.15, 0.2) is 9.84 Å². The number of hydrogen-bond acceptors (Lipinski definition) is 3. The maximum Gasteiger partial charge on any atom is 0.417 e. The second-order valence-corrected chi connectivity index (χ2v) is 9.92. The van der Waals surface area contributed by atoms with Crippen LogP contribution in [0.2, 0.25) is 0 Å². The van der Waals surface area contributed by atoms with Gasteiger partial charge in [-0.15, -0.1) is 0 Å². The van der Waals surface area contributed by atoms with Crippen LogP contribution < -0.4 is 0 Å². The van der Waals surface area contributed by atoms with Crippen LogP contribution in [0.4, 0.5) is 13.2 Å². The summed E-state index contributed by atoms with van der Waals surface area (Å²) in [7, 11) is -3.73. The van der Waals surface area contributed by atoms with Crippen molar-refractivity contribution in [1.82, 2.24) is 9.55 Å². The van der Waals surface area contributed by atoms with E-state index < -0.39 is 21.6 Å². The van der Waals surface area contributed by atoms with Crippen molar-refractivity contribution < 1.29 is 21.6 Å². The zero-order valence-corrected chi connectivity index (χ0v) is 19.0. The first-order chi connectivity index (χ1) is 15.1. The maximum absolute atomic E-state index is 13.6. The molecule has 4 nitrogen and oxygen atoms in total. The van der Waals surface area contributed by atoms with Crippen LogP contribution in [0.5, 0.6) is 0 Å². The molecule has 0 unspecified atom stereocenters. The maximum atomic E-state index is 13.6. The van der Waals surface area contributed by atoms with E-state index in [9.17, 15) is 21.6 Å². The molecule has 0 spiro atoms. The molecule has 0 aliphatic carbocycles. The number of imidazole rings is 1. The summed E-state index contributed by atoms with van der Waals surface area (Å²) in [5.74, 6) is -0.0258. The van der Waals surface area contributed by atoms with Gasteiger partial charge in [-0.3, -0.25) is 4.57 Å². The number of alkyl halides is 3. The van der Waals surface area contributed by atoms with Crippen LogP contribution in [0.3, 0.4) is 0 Å². The molecule has 0 bridgehead atoms. The van der Waals surface area contributed by atoms with Gasteiger partial charge >= 0.3 is 6.18 Å². The predicted molar refractivity (Wildman–Crippen MR) is 120 cm³/mol. The molecule has 0 aliphatic rings. The quantitative estimate of drug-likeness (QED) is 0.313. The number of hydrogen-bond donors (Lipinski definition) is 0. The first-order valence-corrected chi connectivity index (χ1v) is 12.1. The molecular weight excluding hydrogens is 505 g/mol. The molecule has 164 valence electrons. The molecule has 3 aromatic carbocycles. The van der Waals surface area contributed by atoms with Crippen molar-refractivity contribution >= 4 is 25.8 Å². The Morgan fingerprint density at radius 1 is 0.906 bits per heavy atom. The van der Waals surface area contributed by atoms with Gasteiger partial charge in [0, 0.05) is 18.0 Å². The fraction of sp³-hybridized carbons (Fsp3) is 0.0870. The van der Waals surface area contributed by atoms with Gasteiger partial charge in [-0.1, -0.05) is 54.6 Å². The zero-order chi connectivity index (χ0) is 23.1. The molecule has 4 rings (SSSR count). The van der Waals surface area contributed by atoms with Crippen molar-refractivity contribution in [3.05, 3.63) is 89.2 Å². The van der Waals surface area contributed by atoms with E-state index >= 15 is 0 Å². The van der Waals surface area contributed by atoms with Crippen molar-refractivity contribution in [3.63, 3.8) is 0 Å². The third-order valence-electron chi connectivity index (χ3n) is 4.88. The Morgan fingerprint density at radius 2 is 1.56 bits per heavy atom. The highest BCUT2D eigenvalue weighted by molar-refractivity contribution is 9.10. The van der Waals surface area contributed by atoms with E-state index in [4.69, 9.17) is 0 Å². The average molecular weight is 521 g/mol. The number of benzene rings is 3.